The van der Waals surface area contributed by atoms with Gasteiger partial charge in [0, 0.05) is 24.2 Å². The number of carbonyl (C=O) groups excluding carboxylic acids is 1. The number of anilines is 1. The molecule has 0 bridgehead atoms. The average molecular weight is 388 g/mol. The fourth-order valence-electron chi connectivity index (χ4n) is 3.27. The van der Waals surface area contributed by atoms with E-state index in [0.29, 0.717) is 41.9 Å². The summed E-state index contributed by atoms with van der Waals surface area (Å²) in [4.78, 5) is 18.8. The number of piperidine rings is 1. The molecule has 1 amide bonds. The van der Waals surface area contributed by atoms with Crippen molar-refractivity contribution in [3.05, 3.63) is 59.2 Å². The Labute approximate surface area is 161 Å². The van der Waals surface area contributed by atoms with Crippen LogP contribution >= 0.6 is 0 Å². The smallest absolute Gasteiger partial charge is 0.251 e. The third kappa shape index (κ3) is 3.88. The van der Waals surface area contributed by atoms with Crippen molar-refractivity contribution in [3.63, 3.8) is 0 Å². The molecule has 9 heteroatoms. The molecule has 1 saturated heterocycles. The molecule has 0 aliphatic carbocycles. The minimum Gasteiger partial charge on any atom is -0.404 e. The van der Waals surface area contributed by atoms with Crippen molar-refractivity contribution in [3.8, 4) is 0 Å². The van der Waals surface area contributed by atoms with Gasteiger partial charge in [-0.05, 0) is 55.7 Å². The molecule has 1 aliphatic heterocycles. The average Bonchev–Trinajstić information content (AvgIpc) is 3.16. The predicted octanol–water partition coefficient (Wildman–Crippen LogP) is 2.23. The van der Waals surface area contributed by atoms with Crippen LogP contribution in [0.25, 0.3) is 5.57 Å². The number of halogens is 2. The van der Waals surface area contributed by atoms with Crippen molar-refractivity contribution in [2.75, 3.05) is 11.4 Å². The van der Waals surface area contributed by atoms with Gasteiger partial charge in [-0.25, -0.2) is 8.78 Å². The summed E-state index contributed by atoms with van der Waals surface area (Å²) in [5.74, 6) is -1.66. The molecule has 2 heterocycles. The molecule has 1 unspecified atom stereocenters. The van der Waals surface area contributed by atoms with Crippen LogP contribution in [0.4, 0.5) is 14.7 Å². The third-order valence-corrected chi connectivity index (χ3v) is 4.83. The Morgan fingerprint density at radius 3 is 2.79 bits per heavy atom. The van der Waals surface area contributed by atoms with Crippen molar-refractivity contribution in [2.24, 2.45) is 17.4 Å². The van der Waals surface area contributed by atoms with E-state index in [0.717, 1.165) is 18.6 Å². The Hall–Kier alpha value is -3.23. The Kier molecular flexibility index (Phi) is 5.72. The van der Waals surface area contributed by atoms with E-state index < -0.39 is 11.6 Å². The second-order valence-corrected chi connectivity index (χ2v) is 6.70. The number of benzene rings is 1. The van der Waals surface area contributed by atoms with E-state index in [1.165, 1.54) is 23.4 Å². The van der Waals surface area contributed by atoms with E-state index in [1.54, 1.807) is 6.92 Å². The van der Waals surface area contributed by atoms with E-state index in [2.05, 4.69) is 15.2 Å². The lowest BCUT2D eigenvalue weighted by atomic mass is 9.90. The highest BCUT2D eigenvalue weighted by Crippen LogP contribution is 2.27. The van der Waals surface area contributed by atoms with Gasteiger partial charge in [0.15, 0.2) is 17.5 Å². The third-order valence-electron chi connectivity index (χ3n) is 4.83. The summed E-state index contributed by atoms with van der Waals surface area (Å²) in [6.45, 7) is 2.27. The van der Waals surface area contributed by atoms with Gasteiger partial charge in [-0.3, -0.25) is 14.8 Å². The maximum Gasteiger partial charge on any atom is 0.251 e. The molecule has 1 atom stereocenters. The van der Waals surface area contributed by atoms with Gasteiger partial charge in [0.1, 0.15) is 0 Å². The van der Waals surface area contributed by atoms with Crippen molar-refractivity contribution in [2.45, 2.75) is 26.2 Å². The summed E-state index contributed by atoms with van der Waals surface area (Å²) >= 11 is 0. The Morgan fingerprint density at radius 2 is 2.11 bits per heavy atom. The fourth-order valence-corrected chi connectivity index (χ4v) is 3.27. The van der Waals surface area contributed by atoms with Crippen LogP contribution in [0, 0.1) is 17.6 Å². The zero-order valence-corrected chi connectivity index (χ0v) is 15.5. The lowest BCUT2D eigenvalue weighted by molar-refractivity contribution is -0.123. The monoisotopic (exact) mass is 388 g/mol. The van der Waals surface area contributed by atoms with Crippen molar-refractivity contribution in [1.82, 2.24) is 15.2 Å². The maximum atomic E-state index is 13.5. The molecule has 7 nitrogen and oxygen atoms in total. The van der Waals surface area contributed by atoms with Crippen LogP contribution in [0.15, 0.2) is 36.2 Å². The molecule has 1 aromatic heterocycles. The molecule has 5 N–H and O–H groups in total. The summed E-state index contributed by atoms with van der Waals surface area (Å²) in [7, 11) is 0. The molecule has 3 rings (SSSR count). The summed E-state index contributed by atoms with van der Waals surface area (Å²) in [5, 5.41) is 6.92. The highest BCUT2D eigenvalue weighted by atomic mass is 19.2. The number of hydrogen-bond acceptors (Lipinski definition) is 5. The van der Waals surface area contributed by atoms with Gasteiger partial charge in [-0.2, -0.15) is 4.98 Å². The highest BCUT2D eigenvalue weighted by Gasteiger charge is 2.32. The van der Waals surface area contributed by atoms with Gasteiger partial charge in [0.25, 0.3) is 5.95 Å². The normalized spacial score (nSPS) is 18.6. The van der Waals surface area contributed by atoms with Gasteiger partial charge in [-0.15, -0.1) is 5.10 Å². The zero-order valence-electron chi connectivity index (χ0n) is 15.5. The molecule has 1 aliphatic rings. The number of carbonyl (C=O) groups is 1. The van der Waals surface area contributed by atoms with Crippen molar-refractivity contribution < 1.29 is 13.6 Å². The minimum absolute atomic E-state index is 0.147. The first kappa shape index (κ1) is 19.5. The molecule has 2 aromatic rings. The van der Waals surface area contributed by atoms with Crippen molar-refractivity contribution in [1.29, 1.82) is 0 Å². The molecule has 148 valence electrons. The molecule has 1 aromatic carbocycles. The first-order valence-electron chi connectivity index (χ1n) is 8.93. The molecular weight excluding hydrogens is 366 g/mol. The second-order valence-electron chi connectivity index (χ2n) is 6.70. The first-order chi connectivity index (χ1) is 13.4. The number of hydrogen-bond donors (Lipinski definition) is 3. The van der Waals surface area contributed by atoms with Crippen LogP contribution in [-0.4, -0.2) is 27.6 Å². The van der Waals surface area contributed by atoms with E-state index in [9.17, 15) is 13.6 Å². The van der Waals surface area contributed by atoms with Gasteiger partial charge in [0.05, 0.1) is 0 Å². The number of rotatable bonds is 5. The standard InChI is InChI=1S/C19H22F2N6O/c1-11(9-22)14(10-23)17-24-19(26-25-17)27-6-2-3-13(18(27)28)7-12-4-5-15(20)16(21)8-12/h4-5,8-10,13H,2-3,6-7,22-23H2,1H3,(H,24,25,26)/b11-9-,14-10+. The summed E-state index contributed by atoms with van der Waals surface area (Å²) < 4.78 is 26.6. The van der Waals surface area contributed by atoms with E-state index in [1.807, 2.05) is 0 Å². The lowest BCUT2D eigenvalue weighted by Crippen LogP contribution is -2.42. The molecule has 1 fully saturated rings. The first-order valence-corrected chi connectivity index (χ1v) is 8.93. The largest absolute Gasteiger partial charge is 0.404 e. The topological polar surface area (TPSA) is 114 Å². The molecule has 0 spiro atoms. The SMILES string of the molecule is CC(=C/N)/C(=C\N)c1nc(N2CCCC(Cc3ccc(F)c(F)c3)C2=O)n[nH]1. The van der Waals surface area contributed by atoms with Crippen LogP contribution in [0.1, 0.15) is 31.2 Å². The fraction of sp³-hybridized carbons (Fsp3) is 0.316. The zero-order chi connectivity index (χ0) is 20.3. The second kappa shape index (κ2) is 8.20. The van der Waals surface area contributed by atoms with Gasteiger partial charge in [0.2, 0.25) is 5.91 Å². The summed E-state index contributed by atoms with van der Waals surface area (Å²) in [6, 6.07) is 3.70. The number of nitrogens with one attached hydrogen (secondary N) is 1. The lowest BCUT2D eigenvalue weighted by Gasteiger charge is -2.30. The summed E-state index contributed by atoms with van der Waals surface area (Å²) in [5.41, 5.74) is 13.1. The van der Waals surface area contributed by atoms with Gasteiger partial charge < -0.3 is 11.5 Å². The van der Waals surface area contributed by atoms with Crippen LogP contribution in [0.2, 0.25) is 0 Å². The number of aromatic amines is 1. The highest BCUT2D eigenvalue weighted by molar-refractivity contribution is 5.94. The van der Waals surface area contributed by atoms with Crippen LogP contribution in [-0.2, 0) is 11.2 Å². The number of nitrogens with zero attached hydrogens (tertiary/aromatic N) is 3. The van der Waals surface area contributed by atoms with Gasteiger partial charge in [-0.1, -0.05) is 6.07 Å². The quantitative estimate of drug-likeness (QED) is 0.680. The Balaban J connectivity index is 1.78. The van der Waals surface area contributed by atoms with Crippen molar-refractivity contribution >= 4 is 17.4 Å². The van der Waals surface area contributed by atoms with Gasteiger partial charge >= 0.3 is 0 Å². The number of amides is 1. The number of allylic oxidation sites excluding steroid dienone is 2. The number of nitrogens with two attached hydrogens (primary N) is 2. The van der Waals surface area contributed by atoms with Crippen LogP contribution in [0.3, 0.4) is 0 Å². The van der Waals surface area contributed by atoms with Crippen LogP contribution < -0.4 is 16.4 Å². The molecule has 28 heavy (non-hydrogen) atoms. The molecule has 0 radical (unpaired) electrons. The van der Waals surface area contributed by atoms with E-state index in [-0.39, 0.29) is 17.8 Å². The Morgan fingerprint density at radius 1 is 1.32 bits per heavy atom. The van der Waals surface area contributed by atoms with E-state index >= 15 is 0 Å². The maximum absolute atomic E-state index is 13.5. The number of H-pyrrole nitrogens is 1. The molecular formula is C19H22F2N6O. The minimum atomic E-state index is -0.916. The van der Waals surface area contributed by atoms with E-state index in [4.69, 9.17) is 11.5 Å². The van der Waals surface area contributed by atoms with Crippen LogP contribution in [0.5, 0.6) is 0 Å². The number of aromatic nitrogens is 3. The predicted molar refractivity (Wildman–Crippen MR) is 102 cm³/mol. The Bertz CT molecular complexity index is 936. The summed E-state index contributed by atoms with van der Waals surface area (Å²) in [6.07, 6.45) is 4.52. The molecule has 0 saturated carbocycles.